The summed E-state index contributed by atoms with van der Waals surface area (Å²) in [5.74, 6) is -1.08. The molecule has 1 N–H and O–H groups in total. The van der Waals surface area contributed by atoms with Crippen molar-refractivity contribution in [3.8, 4) is 0 Å². The first-order chi connectivity index (χ1) is 6.59. The maximum atomic E-state index is 8.89. The molecule has 1 aromatic carbocycles. The summed E-state index contributed by atoms with van der Waals surface area (Å²) in [7, 11) is 0. The Labute approximate surface area is 114 Å². The second-order valence-corrected chi connectivity index (χ2v) is 3.03. The number of fused-ring (bicyclic) bond motifs is 1. The number of aromatic nitrogens is 2. The number of benzene rings is 1. The monoisotopic (exact) mass is 234 g/mol. The second kappa shape index (κ2) is 6.85. The molecule has 74 valence electrons. The summed E-state index contributed by atoms with van der Waals surface area (Å²) in [6.45, 7) is 0.972. The Morgan fingerprint density at radius 2 is 2.13 bits per heavy atom. The number of aliphatic carboxylic acids is 1. The van der Waals surface area contributed by atoms with Gasteiger partial charge in [-0.05, 0) is 25.1 Å². The van der Waals surface area contributed by atoms with Gasteiger partial charge < -0.3 is 9.90 Å². The largest absolute Gasteiger partial charge is 1.00 e. The number of carbonyl (C=O) groups is 1. The number of nitrogens with zero attached hydrogens (tertiary/aromatic N) is 1. The molecule has 0 unspecified atom stereocenters. The Balaban J connectivity index is 0.000000346. The molecule has 15 heavy (non-hydrogen) atoms. The zero-order valence-corrected chi connectivity index (χ0v) is 11.2. The number of nitrogens with one attached hydrogen (secondary N) is 1. The molecule has 0 aliphatic carbocycles. The number of rotatable bonds is 0. The number of H-pyrrole nitrogens is 1. The number of aromatic amines is 1. The van der Waals surface area contributed by atoms with E-state index < -0.39 is 5.97 Å². The van der Waals surface area contributed by atoms with Crippen molar-refractivity contribution in [3.63, 3.8) is 0 Å². The topological polar surface area (TPSA) is 68.8 Å². The summed E-state index contributed by atoms with van der Waals surface area (Å²) < 4.78 is 0. The van der Waals surface area contributed by atoms with Crippen LogP contribution in [0.2, 0.25) is 5.02 Å². The van der Waals surface area contributed by atoms with Gasteiger partial charge in [-0.2, -0.15) is 5.10 Å². The Morgan fingerprint density at radius 1 is 1.53 bits per heavy atom. The van der Waals surface area contributed by atoms with Crippen LogP contribution in [0.1, 0.15) is 6.92 Å². The van der Waals surface area contributed by atoms with Crippen LogP contribution in [0.15, 0.2) is 24.4 Å². The maximum absolute atomic E-state index is 8.89. The first-order valence-corrected chi connectivity index (χ1v) is 4.23. The van der Waals surface area contributed by atoms with E-state index in [0.29, 0.717) is 0 Å². The number of carboxylic acids is 1. The fraction of sp³-hybridized carbons (Fsp3) is 0.111. The molecule has 4 nitrogen and oxygen atoms in total. The number of halogens is 1. The Bertz CT molecular complexity index is 440. The predicted molar refractivity (Wildman–Crippen MR) is 51.8 cm³/mol. The third-order valence-electron chi connectivity index (χ3n) is 1.40. The molecule has 0 spiro atoms. The van der Waals surface area contributed by atoms with E-state index in [1.54, 1.807) is 6.20 Å². The van der Waals surface area contributed by atoms with Crippen molar-refractivity contribution in [2.45, 2.75) is 6.92 Å². The number of hydrogen-bond donors (Lipinski definition) is 1. The number of hydrogen-bond acceptors (Lipinski definition) is 3. The van der Waals surface area contributed by atoms with E-state index in [1.807, 2.05) is 18.2 Å². The molecule has 0 saturated carbocycles. The van der Waals surface area contributed by atoms with Crippen LogP contribution in [-0.2, 0) is 4.79 Å². The molecule has 0 radical (unpaired) electrons. The first kappa shape index (κ1) is 14.5. The van der Waals surface area contributed by atoms with Crippen LogP contribution in [0.3, 0.4) is 0 Å². The second-order valence-electron chi connectivity index (χ2n) is 2.59. The molecule has 2 aromatic rings. The average Bonchev–Trinajstić information content (AvgIpc) is 2.49. The van der Waals surface area contributed by atoms with Gasteiger partial charge in [0, 0.05) is 16.4 Å². The van der Waals surface area contributed by atoms with Crippen molar-refractivity contribution < 1.29 is 39.5 Å². The van der Waals surface area contributed by atoms with Gasteiger partial charge in [0.1, 0.15) is 0 Å². The molecule has 1 heterocycles. The zero-order valence-electron chi connectivity index (χ0n) is 8.45. The molecule has 0 bridgehead atoms. The SMILES string of the molecule is CC(=O)[O-].Clc1ccc2[nH]ncc2c1.[Na+]. The van der Waals surface area contributed by atoms with Gasteiger partial charge in [-0.25, -0.2) is 0 Å². The average molecular weight is 235 g/mol. The van der Waals surface area contributed by atoms with Crippen LogP contribution in [0, 0.1) is 0 Å². The minimum Gasteiger partial charge on any atom is -0.550 e. The predicted octanol–water partition coefficient (Wildman–Crippen LogP) is -2.02. The minimum atomic E-state index is -1.08. The molecule has 6 heteroatoms. The Morgan fingerprint density at radius 3 is 2.73 bits per heavy atom. The molecule has 0 aliphatic rings. The third-order valence-corrected chi connectivity index (χ3v) is 1.64. The quantitative estimate of drug-likeness (QED) is 0.535. The van der Waals surface area contributed by atoms with Gasteiger partial charge in [-0.15, -0.1) is 0 Å². The van der Waals surface area contributed by atoms with E-state index in [9.17, 15) is 0 Å². The Kier molecular flexibility index (Phi) is 6.60. The molecule has 0 atom stereocenters. The van der Waals surface area contributed by atoms with E-state index >= 15 is 0 Å². The fourth-order valence-electron chi connectivity index (χ4n) is 0.914. The number of carboxylic acid groups (broad SMARTS) is 1. The Hall–Kier alpha value is -0.550. The molecular weight excluding hydrogens is 227 g/mol. The summed E-state index contributed by atoms with van der Waals surface area (Å²) in [6, 6.07) is 5.62. The summed E-state index contributed by atoms with van der Waals surface area (Å²) in [4.78, 5) is 8.89. The van der Waals surface area contributed by atoms with E-state index in [1.165, 1.54) is 0 Å². The van der Waals surface area contributed by atoms with E-state index in [-0.39, 0.29) is 29.6 Å². The molecular formula is C9H8ClN2NaO2. The molecule has 2 rings (SSSR count). The van der Waals surface area contributed by atoms with Crippen molar-refractivity contribution in [3.05, 3.63) is 29.4 Å². The summed E-state index contributed by atoms with van der Waals surface area (Å²) in [5.41, 5.74) is 1.02. The van der Waals surface area contributed by atoms with E-state index in [4.69, 9.17) is 21.5 Å². The van der Waals surface area contributed by atoms with Crippen LogP contribution in [0.25, 0.3) is 10.9 Å². The van der Waals surface area contributed by atoms with Crippen LogP contribution in [0.4, 0.5) is 0 Å². The van der Waals surface area contributed by atoms with Crippen LogP contribution < -0.4 is 34.7 Å². The normalized spacial score (nSPS) is 8.67. The minimum absolute atomic E-state index is 0. The van der Waals surface area contributed by atoms with Gasteiger partial charge in [0.25, 0.3) is 0 Å². The molecule has 1 aromatic heterocycles. The van der Waals surface area contributed by atoms with Gasteiger partial charge >= 0.3 is 29.6 Å². The molecule has 0 amide bonds. The van der Waals surface area contributed by atoms with Crippen molar-refractivity contribution in [1.29, 1.82) is 0 Å². The van der Waals surface area contributed by atoms with Gasteiger partial charge in [0.2, 0.25) is 0 Å². The molecule has 0 aliphatic heterocycles. The van der Waals surface area contributed by atoms with Crippen LogP contribution in [0.5, 0.6) is 0 Å². The summed E-state index contributed by atoms with van der Waals surface area (Å²) in [5, 5.41) is 17.4. The molecule has 0 saturated heterocycles. The summed E-state index contributed by atoms with van der Waals surface area (Å²) >= 11 is 5.73. The standard InChI is InChI=1S/C7H5ClN2.C2H4O2.Na/c8-6-1-2-7-5(3-6)4-9-10-7;1-2(3)4;/h1-4H,(H,9,10);1H3,(H,3,4);/q;;+1/p-1. The fourth-order valence-corrected chi connectivity index (χ4v) is 1.09. The van der Waals surface area contributed by atoms with Gasteiger partial charge in [-0.3, -0.25) is 5.10 Å². The third kappa shape index (κ3) is 5.18. The first-order valence-electron chi connectivity index (χ1n) is 3.86. The van der Waals surface area contributed by atoms with Gasteiger partial charge in [0.05, 0.1) is 11.7 Å². The maximum Gasteiger partial charge on any atom is 1.00 e. The van der Waals surface area contributed by atoms with Gasteiger partial charge in [0.15, 0.2) is 0 Å². The zero-order chi connectivity index (χ0) is 10.6. The smallest absolute Gasteiger partial charge is 0.550 e. The summed E-state index contributed by atoms with van der Waals surface area (Å²) in [6.07, 6.45) is 1.75. The van der Waals surface area contributed by atoms with Crippen molar-refractivity contribution in [1.82, 2.24) is 10.2 Å². The van der Waals surface area contributed by atoms with Gasteiger partial charge in [-0.1, -0.05) is 11.6 Å². The van der Waals surface area contributed by atoms with Crippen LogP contribution in [-0.4, -0.2) is 16.2 Å². The van der Waals surface area contributed by atoms with Crippen LogP contribution >= 0.6 is 11.6 Å². The van der Waals surface area contributed by atoms with E-state index in [0.717, 1.165) is 22.8 Å². The van der Waals surface area contributed by atoms with Crippen molar-refractivity contribution >= 4 is 28.5 Å². The van der Waals surface area contributed by atoms with Crippen molar-refractivity contribution in [2.75, 3.05) is 0 Å². The van der Waals surface area contributed by atoms with E-state index in [2.05, 4.69) is 10.2 Å². The molecule has 0 fully saturated rings. The number of carbonyl (C=O) groups excluding carboxylic acids is 1. The van der Waals surface area contributed by atoms with Crippen molar-refractivity contribution in [2.24, 2.45) is 0 Å².